The van der Waals surface area contributed by atoms with E-state index in [1.54, 1.807) is 54.1 Å². The van der Waals surface area contributed by atoms with Crippen molar-refractivity contribution in [1.82, 2.24) is 9.88 Å². The zero-order chi connectivity index (χ0) is 18.0. The summed E-state index contributed by atoms with van der Waals surface area (Å²) in [4.78, 5) is 11.9. The molecule has 0 saturated carbocycles. The van der Waals surface area contributed by atoms with E-state index >= 15 is 0 Å². The fourth-order valence-electron chi connectivity index (χ4n) is 2.75. The number of hydrogen-bond donors (Lipinski definition) is 1. The largest absolute Gasteiger partial charge is 0.358 e. The number of benzene rings is 2. The zero-order valence-electron chi connectivity index (χ0n) is 13.6. The van der Waals surface area contributed by atoms with Crippen LogP contribution in [0.5, 0.6) is 0 Å². The van der Waals surface area contributed by atoms with Crippen molar-refractivity contribution in [3.05, 3.63) is 65.3 Å². The number of rotatable bonds is 5. The number of aromatic nitrogens is 1. The van der Waals surface area contributed by atoms with Gasteiger partial charge in [-0.25, -0.2) is 8.42 Å². The monoisotopic (exact) mass is 376 g/mol. The third-order valence-corrected chi connectivity index (χ3v) is 5.87. The first-order valence-electron chi connectivity index (χ1n) is 7.66. The van der Waals surface area contributed by atoms with E-state index in [4.69, 9.17) is 11.6 Å². The number of halogens is 1. The molecular weight excluding hydrogens is 360 g/mol. The van der Waals surface area contributed by atoms with E-state index < -0.39 is 9.84 Å². The number of hydrogen-bond acceptors (Lipinski definition) is 3. The number of carbonyl (C=O) groups excluding carboxylic acids is 1. The van der Waals surface area contributed by atoms with Gasteiger partial charge in [0.05, 0.1) is 10.6 Å². The Hall–Kier alpha value is -2.31. The first kappa shape index (κ1) is 17.5. The number of amides is 1. The molecule has 1 N–H and O–H groups in total. The first-order chi connectivity index (χ1) is 11.9. The molecule has 0 aliphatic carbocycles. The normalized spacial score (nSPS) is 11.6. The van der Waals surface area contributed by atoms with Crippen LogP contribution < -0.4 is 5.32 Å². The summed E-state index contributed by atoms with van der Waals surface area (Å²) in [5.74, 6) is -0.346. The SMILES string of the molecule is CNC(=O)Cn1cc(S(=O)(=O)Cc2cccc(Cl)c2)c2ccccc21. The van der Waals surface area contributed by atoms with E-state index in [1.165, 1.54) is 6.20 Å². The fourth-order valence-corrected chi connectivity index (χ4v) is 4.53. The molecule has 0 aliphatic rings. The molecule has 0 spiro atoms. The minimum absolute atomic E-state index is 0.0592. The summed E-state index contributed by atoms with van der Waals surface area (Å²) in [6.07, 6.45) is 1.53. The van der Waals surface area contributed by atoms with Gasteiger partial charge in [-0.2, -0.15) is 0 Å². The highest BCUT2D eigenvalue weighted by Crippen LogP contribution is 2.28. The van der Waals surface area contributed by atoms with Gasteiger partial charge in [-0.1, -0.05) is 41.9 Å². The minimum atomic E-state index is -3.59. The second kappa shape index (κ2) is 6.90. The standard InChI is InChI=1S/C18H17ClN2O3S/c1-20-18(22)11-21-10-17(15-7-2-3-8-16(15)21)25(23,24)12-13-5-4-6-14(19)9-13/h2-10H,11-12H2,1H3,(H,20,22). The van der Waals surface area contributed by atoms with Gasteiger partial charge in [0.15, 0.2) is 9.84 Å². The summed E-state index contributed by atoms with van der Waals surface area (Å²) >= 11 is 5.95. The van der Waals surface area contributed by atoms with Crippen LogP contribution in [0.15, 0.2) is 59.6 Å². The molecule has 0 atom stereocenters. The minimum Gasteiger partial charge on any atom is -0.358 e. The van der Waals surface area contributed by atoms with Gasteiger partial charge in [-0.3, -0.25) is 4.79 Å². The van der Waals surface area contributed by atoms with Crippen molar-refractivity contribution in [2.45, 2.75) is 17.2 Å². The molecule has 3 aromatic rings. The predicted molar refractivity (Wildman–Crippen MR) is 98.3 cm³/mol. The molecule has 1 aromatic heterocycles. The molecule has 25 heavy (non-hydrogen) atoms. The zero-order valence-corrected chi connectivity index (χ0v) is 15.1. The molecule has 0 radical (unpaired) electrons. The summed E-state index contributed by atoms with van der Waals surface area (Å²) in [7, 11) is -2.04. The van der Waals surface area contributed by atoms with Crippen molar-refractivity contribution in [1.29, 1.82) is 0 Å². The molecule has 3 rings (SSSR count). The Labute approximate surface area is 151 Å². The molecule has 0 saturated heterocycles. The van der Waals surface area contributed by atoms with Crippen LogP contribution in [-0.2, 0) is 26.9 Å². The highest BCUT2D eigenvalue weighted by molar-refractivity contribution is 7.90. The van der Waals surface area contributed by atoms with Crippen LogP contribution in [0.4, 0.5) is 0 Å². The third kappa shape index (κ3) is 3.70. The second-order valence-electron chi connectivity index (χ2n) is 5.70. The van der Waals surface area contributed by atoms with Gasteiger partial charge < -0.3 is 9.88 Å². The van der Waals surface area contributed by atoms with Crippen LogP contribution in [0.3, 0.4) is 0 Å². The van der Waals surface area contributed by atoms with Crippen molar-refractivity contribution >= 4 is 38.2 Å². The molecule has 0 aliphatic heterocycles. The Bertz CT molecular complexity index is 1040. The van der Waals surface area contributed by atoms with E-state index in [0.717, 1.165) is 0 Å². The Kier molecular flexibility index (Phi) is 4.83. The van der Waals surface area contributed by atoms with Gasteiger partial charge in [-0.15, -0.1) is 0 Å². The fraction of sp³-hybridized carbons (Fsp3) is 0.167. The topological polar surface area (TPSA) is 68.2 Å². The van der Waals surface area contributed by atoms with Crippen molar-refractivity contribution in [3.63, 3.8) is 0 Å². The Morgan fingerprint density at radius 3 is 2.64 bits per heavy atom. The third-order valence-electron chi connectivity index (χ3n) is 3.93. The number of sulfone groups is 1. The maximum Gasteiger partial charge on any atom is 0.239 e. The van der Waals surface area contributed by atoms with E-state index in [2.05, 4.69) is 5.32 Å². The number of nitrogens with one attached hydrogen (secondary N) is 1. The summed E-state index contributed by atoms with van der Waals surface area (Å²) in [5.41, 5.74) is 1.33. The number of fused-ring (bicyclic) bond motifs is 1. The van der Waals surface area contributed by atoms with Crippen LogP contribution in [0.1, 0.15) is 5.56 Å². The number of nitrogens with zero attached hydrogens (tertiary/aromatic N) is 1. The second-order valence-corrected chi connectivity index (χ2v) is 8.10. The van der Waals surface area contributed by atoms with E-state index in [1.807, 2.05) is 6.07 Å². The molecule has 0 unspecified atom stereocenters. The average Bonchev–Trinajstić information content (AvgIpc) is 2.94. The molecule has 0 bridgehead atoms. The van der Waals surface area contributed by atoms with Crippen molar-refractivity contribution in [2.75, 3.05) is 7.05 Å². The number of para-hydroxylation sites is 1. The van der Waals surface area contributed by atoms with Crippen molar-refractivity contribution in [2.24, 2.45) is 0 Å². The molecule has 1 heterocycles. The number of likely N-dealkylation sites (N-methyl/N-ethyl adjacent to an activating group) is 1. The maximum atomic E-state index is 12.9. The van der Waals surface area contributed by atoms with E-state index in [0.29, 0.717) is 21.5 Å². The van der Waals surface area contributed by atoms with Crippen LogP contribution in [0.2, 0.25) is 5.02 Å². The molecule has 2 aromatic carbocycles. The van der Waals surface area contributed by atoms with Crippen LogP contribution in [0.25, 0.3) is 10.9 Å². The highest BCUT2D eigenvalue weighted by atomic mass is 35.5. The Morgan fingerprint density at radius 1 is 1.16 bits per heavy atom. The molecule has 7 heteroatoms. The Morgan fingerprint density at radius 2 is 1.92 bits per heavy atom. The lowest BCUT2D eigenvalue weighted by Gasteiger charge is -2.04. The predicted octanol–water partition coefficient (Wildman–Crippen LogP) is 3.01. The average molecular weight is 377 g/mol. The van der Waals surface area contributed by atoms with Crippen LogP contribution >= 0.6 is 11.6 Å². The van der Waals surface area contributed by atoms with Crippen LogP contribution in [-0.4, -0.2) is 25.9 Å². The lowest BCUT2D eigenvalue weighted by atomic mass is 10.2. The molecule has 0 fully saturated rings. The summed E-state index contributed by atoms with van der Waals surface area (Å²) in [6.45, 7) is 0.0592. The summed E-state index contributed by atoms with van der Waals surface area (Å²) in [5, 5.41) is 3.65. The van der Waals surface area contributed by atoms with Crippen LogP contribution in [0, 0.1) is 0 Å². The molecule has 130 valence electrons. The van der Waals surface area contributed by atoms with Gasteiger partial charge in [0, 0.05) is 29.2 Å². The summed E-state index contributed by atoms with van der Waals surface area (Å²) in [6, 6.07) is 13.9. The maximum absolute atomic E-state index is 12.9. The molecule has 5 nitrogen and oxygen atoms in total. The van der Waals surface area contributed by atoms with Crippen molar-refractivity contribution < 1.29 is 13.2 Å². The van der Waals surface area contributed by atoms with Gasteiger partial charge in [0.1, 0.15) is 6.54 Å². The van der Waals surface area contributed by atoms with Crippen molar-refractivity contribution in [3.8, 4) is 0 Å². The first-order valence-corrected chi connectivity index (χ1v) is 9.69. The van der Waals surface area contributed by atoms with E-state index in [9.17, 15) is 13.2 Å². The number of carbonyl (C=O) groups is 1. The van der Waals surface area contributed by atoms with E-state index in [-0.39, 0.29) is 23.1 Å². The summed E-state index contributed by atoms with van der Waals surface area (Å²) < 4.78 is 27.5. The highest BCUT2D eigenvalue weighted by Gasteiger charge is 2.22. The lowest BCUT2D eigenvalue weighted by Crippen LogP contribution is -2.23. The smallest absolute Gasteiger partial charge is 0.239 e. The van der Waals surface area contributed by atoms with Gasteiger partial charge >= 0.3 is 0 Å². The van der Waals surface area contributed by atoms with Gasteiger partial charge in [0.2, 0.25) is 5.91 Å². The molecule has 1 amide bonds. The quantitative estimate of drug-likeness (QED) is 0.744. The van der Waals surface area contributed by atoms with Gasteiger partial charge in [0.25, 0.3) is 0 Å². The Balaban J connectivity index is 2.06. The van der Waals surface area contributed by atoms with Gasteiger partial charge in [-0.05, 0) is 23.8 Å². The molecular formula is C18H17ClN2O3S. The lowest BCUT2D eigenvalue weighted by molar-refractivity contribution is -0.121.